The van der Waals surface area contributed by atoms with Gasteiger partial charge in [0.15, 0.2) is 0 Å². The number of rotatable bonds is 5. The molecule has 0 radical (unpaired) electrons. The van der Waals surface area contributed by atoms with Crippen LogP contribution in [0.5, 0.6) is 0 Å². The third-order valence-electron chi connectivity index (χ3n) is 3.91. The van der Waals surface area contributed by atoms with E-state index in [-0.39, 0.29) is 6.03 Å². The molecule has 0 aromatic rings. The van der Waals surface area contributed by atoms with Gasteiger partial charge in [0.2, 0.25) is 0 Å². The highest BCUT2D eigenvalue weighted by Crippen LogP contribution is 2.32. The first-order valence-electron chi connectivity index (χ1n) is 7.03. The van der Waals surface area contributed by atoms with E-state index in [1.807, 2.05) is 0 Å². The molecule has 0 aromatic heterocycles. The number of nitrogens with one attached hydrogen (secondary N) is 2. The smallest absolute Gasteiger partial charge is 0.315 e. The molecule has 18 heavy (non-hydrogen) atoms. The number of amides is 2. The maximum absolute atomic E-state index is 11.7. The van der Waals surface area contributed by atoms with Crippen molar-refractivity contribution in [3.63, 3.8) is 0 Å². The zero-order valence-corrected chi connectivity index (χ0v) is 11.4. The van der Waals surface area contributed by atoms with Crippen LogP contribution < -0.4 is 10.6 Å². The van der Waals surface area contributed by atoms with Gasteiger partial charge in [-0.05, 0) is 32.6 Å². The number of hydrogen-bond donors (Lipinski definition) is 2. The summed E-state index contributed by atoms with van der Waals surface area (Å²) in [5, 5.41) is 5.97. The van der Waals surface area contributed by atoms with Gasteiger partial charge in [0.1, 0.15) is 0 Å². The SMILES string of the molecule is CC(NC(=O)NCC(C)N1CCOCC1)C1CC1. The third-order valence-corrected chi connectivity index (χ3v) is 3.91. The van der Waals surface area contributed by atoms with Crippen molar-refractivity contribution in [2.45, 2.75) is 38.8 Å². The Bertz CT molecular complexity index is 275. The van der Waals surface area contributed by atoms with Gasteiger partial charge in [-0.2, -0.15) is 0 Å². The monoisotopic (exact) mass is 255 g/mol. The van der Waals surface area contributed by atoms with E-state index < -0.39 is 0 Å². The van der Waals surface area contributed by atoms with Crippen LogP contribution in [0.4, 0.5) is 4.79 Å². The molecule has 2 N–H and O–H groups in total. The number of hydrogen-bond acceptors (Lipinski definition) is 3. The molecular formula is C13H25N3O2. The molecule has 1 saturated heterocycles. The molecule has 2 aliphatic rings. The Balaban J connectivity index is 1.61. The Kier molecular flexibility index (Phi) is 4.83. The molecule has 2 rings (SSSR count). The van der Waals surface area contributed by atoms with Crippen LogP contribution in [0.1, 0.15) is 26.7 Å². The van der Waals surface area contributed by atoms with E-state index in [1.54, 1.807) is 0 Å². The lowest BCUT2D eigenvalue weighted by molar-refractivity contribution is 0.0209. The van der Waals surface area contributed by atoms with Crippen molar-refractivity contribution in [1.29, 1.82) is 0 Å². The van der Waals surface area contributed by atoms with E-state index in [9.17, 15) is 4.79 Å². The molecule has 2 amide bonds. The highest BCUT2D eigenvalue weighted by molar-refractivity contribution is 5.74. The predicted molar refractivity (Wildman–Crippen MR) is 70.6 cm³/mol. The lowest BCUT2D eigenvalue weighted by atomic mass is 10.2. The highest BCUT2D eigenvalue weighted by Gasteiger charge is 2.28. The van der Waals surface area contributed by atoms with Crippen LogP contribution in [0.25, 0.3) is 0 Å². The molecule has 5 nitrogen and oxygen atoms in total. The van der Waals surface area contributed by atoms with Gasteiger partial charge < -0.3 is 15.4 Å². The minimum Gasteiger partial charge on any atom is -0.379 e. The zero-order valence-electron chi connectivity index (χ0n) is 11.4. The summed E-state index contributed by atoms with van der Waals surface area (Å²) in [7, 11) is 0. The molecule has 0 aromatic carbocycles. The number of carbonyl (C=O) groups excluding carboxylic acids is 1. The molecular weight excluding hydrogens is 230 g/mol. The van der Waals surface area contributed by atoms with Crippen molar-refractivity contribution in [1.82, 2.24) is 15.5 Å². The Labute approximate surface area is 109 Å². The van der Waals surface area contributed by atoms with E-state index in [0.29, 0.717) is 24.5 Å². The van der Waals surface area contributed by atoms with E-state index >= 15 is 0 Å². The van der Waals surface area contributed by atoms with E-state index in [4.69, 9.17) is 4.74 Å². The summed E-state index contributed by atoms with van der Waals surface area (Å²) in [6.45, 7) is 8.46. The summed E-state index contributed by atoms with van der Waals surface area (Å²) in [5.41, 5.74) is 0. The second-order valence-corrected chi connectivity index (χ2v) is 5.48. The van der Waals surface area contributed by atoms with Crippen LogP contribution in [0, 0.1) is 5.92 Å². The van der Waals surface area contributed by atoms with Gasteiger partial charge in [0.05, 0.1) is 13.2 Å². The zero-order chi connectivity index (χ0) is 13.0. The van der Waals surface area contributed by atoms with Crippen molar-refractivity contribution in [2.24, 2.45) is 5.92 Å². The van der Waals surface area contributed by atoms with Gasteiger partial charge in [0, 0.05) is 31.7 Å². The van der Waals surface area contributed by atoms with Crippen molar-refractivity contribution < 1.29 is 9.53 Å². The standard InChI is InChI=1S/C13H25N3O2/c1-10(16-5-7-18-8-6-16)9-14-13(17)15-11(2)12-3-4-12/h10-12H,3-9H2,1-2H3,(H2,14,15,17). The fourth-order valence-electron chi connectivity index (χ4n) is 2.36. The number of carbonyl (C=O) groups is 1. The van der Waals surface area contributed by atoms with E-state index in [2.05, 4.69) is 29.4 Å². The van der Waals surface area contributed by atoms with Crippen LogP contribution in [0.15, 0.2) is 0 Å². The molecule has 5 heteroatoms. The lowest BCUT2D eigenvalue weighted by Crippen LogP contribution is -2.50. The molecule has 2 atom stereocenters. The molecule has 104 valence electrons. The molecule has 0 spiro atoms. The minimum atomic E-state index is -0.0329. The van der Waals surface area contributed by atoms with Crippen LogP contribution >= 0.6 is 0 Å². The fraction of sp³-hybridized carbons (Fsp3) is 0.923. The molecule has 1 saturated carbocycles. The first kappa shape index (κ1) is 13.6. The number of urea groups is 1. The average Bonchev–Trinajstić information content (AvgIpc) is 3.21. The molecule has 1 heterocycles. The van der Waals surface area contributed by atoms with Gasteiger partial charge >= 0.3 is 6.03 Å². The van der Waals surface area contributed by atoms with Crippen molar-refractivity contribution >= 4 is 6.03 Å². The number of morpholine rings is 1. The highest BCUT2D eigenvalue weighted by atomic mass is 16.5. The fourth-order valence-corrected chi connectivity index (χ4v) is 2.36. The van der Waals surface area contributed by atoms with E-state index in [1.165, 1.54) is 12.8 Å². The Morgan fingerprint density at radius 3 is 2.61 bits per heavy atom. The van der Waals surface area contributed by atoms with Crippen LogP contribution in [-0.4, -0.2) is 55.9 Å². The summed E-state index contributed by atoms with van der Waals surface area (Å²) in [4.78, 5) is 14.1. The van der Waals surface area contributed by atoms with Crippen LogP contribution in [0.3, 0.4) is 0 Å². The van der Waals surface area contributed by atoms with Crippen molar-refractivity contribution in [2.75, 3.05) is 32.8 Å². The predicted octanol–water partition coefficient (Wildman–Crippen LogP) is 0.805. The molecule has 1 aliphatic carbocycles. The second-order valence-electron chi connectivity index (χ2n) is 5.48. The third kappa shape index (κ3) is 4.14. The normalized spacial score (nSPS) is 24.3. The Morgan fingerprint density at radius 2 is 2.00 bits per heavy atom. The van der Waals surface area contributed by atoms with E-state index in [0.717, 1.165) is 26.3 Å². The lowest BCUT2D eigenvalue weighted by Gasteiger charge is -2.32. The topological polar surface area (TPSA) is 53.6 Å². The first-order valence-corrected chi connectivity index (χ1v) is 7.03. The van der Waals surface area contributed by atoms with Crippen LogP contribution in [0.2, 0.25) is 0 Å². The molecule has 2 unspecified atom stereocenters. The molecule has 0 bridgehead atoms. The summed E-state index contributed by atoms with van der Waals surface area (Å²) in [6, 6.07) is 0.647. The summed E-state index contributed by atoms with van der Waals surface area (Å²) in [5.74, 6) is 0.701. The largest absolute Gasteiger partial charge is 0.379 e. The van der Waals surface area contributed by atoms with Gasteiger partial charge in [-0.15, -0.1) is 0 Å². The Hall–Kier alpha value is -0.810. The van der Waals surface area contributed by atoms with Gasteiger partial charge in [0.25, 0.3) is 0 Å². The van der Waals surface area contributed by atoms with Crippen molar-refractivity contribution in [3.05, 3.63) is 0 Å². The summed E-state index contributed by atoms with van der Waals surface area (Å²) in [6.07, 6.45) is 2.51. The first-order chi connectivity index (χ1) is 8.66. The average molecular weight is 255 g/mol. The van der Waals surface area contributed by atoms with Gasteiger partial charge in [-0.1, -0.05) is 0 Å². The minimum absolute atomic E-state index is 0.0329. The maximum Gasteiger partial charge on any atom is 0.315 e. The van der Waals surface area contributed by atoms with Crippen LogP contribution in [-0.2, 0) is 4.74 Å². The second kappa shape index (κ2) is 6.38. The number of ether oxygens (including phenoxy) is 1. The molecule has 2 fully saturated rings. The maximum atomic E-state index is 11.7. The summed E-state index contributed by atoms with van der Waals surface area (Å²) < 4.78 is 5.32. The van der Waals surface area contributed by atoms with Gasteiger partial charge in [-0.25, -0.2) is 4.79 Å². The Morgan fingerprint density at radius 1 is 1.33 bits per heavy atom. The quantitative estimate of drug-likeness (QED) is 0.764. The van der Waals surface area contributed by atoms with Crippen molar-refractivity contribution in [3.8, 4) is 0 Å². The molecule has 1 aliphatic heterocycles. The van der Waals surface area contributed by atoms with Gasteiger partial charge in [-0.3, -0.25) is 4.90 Å². The summed E-state index contributed by atoms with van der Waals surface area (Å²) >= 11 is 0. The number of nitrogens with zero attached hydrogens (tertiary/aromatic N) is 1.